The van der Waals surface area contributed by atoms with E-state index in [0.29, 0.717) is 30.6 Å². The van der Waals surface area contributed by atoms with Crippen LogP contribution >= 0.6 is 0 Å². The summed E-state index contributed by atoms with van der Waals surface area (Å²) in [6.45, 7) is 3.43. The molecule has 0 radical (unpaired) electrons. The molecule has 1 atom stereocenters. The van der Waals surface area contributed by atoms with Crippen molar-refractivity contribution in [2.45, 2.75) is 45.3 Å². The maximum Gasteiger partial charge on any atom is 0.318 e. The van der Waals surface area contributed by atoms with Crippen molar-refractivity contribution in [2.24, 2.45) is 0 Å². The van der Waals surface area contributed by atoms with Gasteiger partial charge in [0.25, 0.3) is 5.89 Å². The standard InChI is InChI=1S/C18H23FN4O3/c1-2-10-20-18(24)23-11-4-3-5-15(23)17-21-16(26-22-17)12-25-14-8-6-13(19)7-9-14/h6-9,15H,2-5,10-12H2,1H3,(H,20,24). The van der Waals surface area contributed by atoms with Crippen LogP contribution < -0.4 is 10.1 Å². The van der Waals surface area contributed by atoms with Crippen LogP contribution in [0.5, 0.6) is 5.75 Å². The van der Waals surface area contributed by atoms with Crippen molar-refractivity contribution in [3.05, 3.63) is 41.8 Å². The number of hydrogen-bond acceptors (Lipinski definition) is 5. The average molecular weight is 362 g/mol. The van der Waals surface area contributed by atoms with Gasteiger partial charge in [-0.05, 0) is 49.9 Å². The van der Waals surface area contributed by atoms with Gasteiger partial charge in [-0.2, -0.15) is 4.98 Å². The van der Waals surface area contributed by atoms with Crippen LogP contribution in [-0.2, 0) is 6.61 Å². The Morgan fingerprint density at radius 3 is 2.96 bits per heavy atom. The predicted octanol–water partition coefficient (Wildman–Crippen LogP) is 3.43. The SMILES string of the molecule is CCCNC(=O)N1CCCCC1c1noc(COc2ccc(F)cc2)n1. The number of nitrogens with zero attached hydrogens (tertiary/aromatic N) is 3. The van der Waals surface area contributed by atoms with Gasteiger partial charge in [0.05, 0.1) is 6.04 Å². The van der Waals surface area contributed by atoms with Crippen molar-refractivity contribution >= 4 is 6.03 Å². The third-order valence-electron chi connectivity index (χ3n) is 4.25. The van der Waals surface area contributed by atoms with Crippen molar-refractivity contribution in [3.8, 4) is 5.75 Å². The molecule has 1 aromatic heterocycles. The number of amides is 2. The van der Waals surface area contributed by atoms with E-state index in [2.05, 4.69) is 15.5 Å². The minimum Gasteiger partial charge on any atom is -0.484 e. The average Bonchev–Trinajstić information content (AvgIpc) is 3.14. The second-order valence-corrected chi connectivity index (χ2v) is 6.23. The number of rotatable bonds is 6. The Kier molecular flexibility index (Phi) is 6.04. The number of aromatic nitrogens is 2. The molecule has 1 aliphatic rings. The predicted molar refractivity (Wildman–Crippen MR) is 92.0 cm³/mol. The number of ether oxygens (including phenoxy) is 1. The zero-order chi connectivity index (χ0) is 18.4. The summed E-state index contributed by atoms with van der Waals surface area (Å²) >= 11 is 0. The van der Waals surface area contributed by atoms with Crippen molar-refractivity contribution in [3.63, 3.8) is 0 Å². The first-order valence-corrected chi connectivity index (χ1v) is 8.92. The van der Waals surface area contributed by atoms with Crippen molar-refractivity contribution in [2.75, 3.05) is 13.1 Å². The lowest BCUT2D eigenvalue weighted by molar-refractivity contribution is 0.146. The summed E-state index contributed by atoms with van der Waals surface area (Å²) in [5.41, 5.74) is 0. The summed E-state index contributed by atoms with van der Waals surface area (Å²) in [6, 6.07) is 5.43. The molecule has 1 fully saturated rings. The molecule has 2 amide bonds. The number of halogens is 1. The smallest absolute Gasteiger partial charge is 0.318 e. The fourth-order valence-electron chi connectivity index (χ4n) is 2.91. The topological polar surface area (TPSA) is 80.5 Å². The van der Waals surface area contributed by atoms with Crippen LogP contribution in [0.4, 0.5) is 9.18 Å². The second-order valence-electron chi connectivity index (χ2n) is 6.23. The third kappa shape index (κ3) is 4.50. The molecule has 1 aromatic carbocycles. The number of benzene rings is 1. The van der Waals surface area contributed by atoms with E-state index >= 15 is 0 Å². The molecule has 1 saturated heterocycles. The molecule has 2 aromatic rings. The van der Waals surface area contributed by atoms with Gasteiger partial charge in [-0.3, -0.25) is 0 Å². The zero-order valence-electron chi connectivity index (χ0n) is 14.8. The second kappa shape index (κ2) is 8.64. The van der Waals surface area contributed by atoms with Crippen LogP contribution in [0.25, 0.3) is 0 Å². The Labute approximate surface area is 151 Å². The maximum atomic E-state index is 12.9. The molecular formula is C18H23FN4O3. The molecule has 0 aliphatic carbocycles. The molecule has 8 heteroatoms. The Balaban J connectivity index is 1.63. The highest BCUT2D eigenvalue weighted by molar-refractivity contribution is 5.74. The third-order valence-corrected chi connectivity index (χ3v) is 4.25. The molecule has 0 spiro atoms. The number of carbonyl (C=O) groups is 1. The van der Waals surface area contributed by atoms with E-state index in [1.807, 2.05) is 6.92 Å². The minimum atomic E-state index is -0.323. The van der Waals surface area contributed by atoms with Gasteiger partial charge in [-0.25, -0.2) is 9.18 Å². The Bertz CT molecular complexity index is 719. The highest BCUT2D eigenvalue weighted by atomic mass is 19.1. The highest BCUT2D eigenvalue weighted by Gasteiger charge is 2.31. The van der Waals surface area contributed by atoms with E-state index in [1.165, 1.54) is 24.3 Å². The van der Waals surface area contributed by atoms with Gasteiger partial charge in [-0.15, -0.1) is 0 Å². The lowest BCUT2D eigenvalue weighted by Gasteiger charge is -2.33. The largest absolute Gasteiger partial charge is 0.484 e. The van der Waals surface area contributed by atoms with Gasteiger partial charge in [0, 0.05) is 13.1 Å². The molecule has 0 bridgehead atoms. The quantitative estimate of drug-likeness (QED) is 0.851. The van der Waals surface area contributed by atoms with E-state index in [9.17, 15) is 9.18 Å². The molecular weight excluding hydrogens is 339 g/mol. The first-order chi connectivity index (χ1) is 12.7. The van der Waals surface area contributed by atoms with Gasteiger partial charge in [0.15, 0.2) is 12.4 Å². The summed E-state index contributed by atoms with van der Waals surface area (Å²) in [6.07, 6.45) is 3.67. The molecule has 1 N–H and O–H groups in total. The van der Waals surface area contributed by atoms with E-state index < -0.39 is 0 Å². The van der Waals surface area contributed by atoms with Crippen LogP contribution in [0.15, 0.2) is 28.8 Å². The van der Waals surface area contributed by atoms with Crippen LogP contribution in [0, 0.1) is 5.82 Å². The number of hydrogen-bond donors (Lipinski definition) is 1. The Morgan fingerprint density at radius 1 is 1.38 bits per heavy atom. The molecule has 1 aliphatic heterocycles. The fraction of sp³-hybridized carbons (Fsp3) is 0.500. The minimum absolute atomic E-state index is 0.0907. The summed E-state index contributed by atoms with van der Waals surface area (Å²) in [5, 5.41) is 6.94. The highest BCUT2D eigenvalue weighted by Crippen LogP contribution is 2.29. The monoisotopic (exact) mass is 362 g/mol. The maximum absolute atomic E-state index is 12.9. The fourth-order valence-corrected chi connectivity index (χ4v) is 2.91. The number of nitrogens with one attached hydrogen (secondary N) is 1. The molecule has 0 saturated carbocycles. The molecule has 140 valence electrons. The number of likely N-dealkylation sites (tertiary alicyclic amines) is 1. The normalized spacial score (nSPS) is 17.2. The summed E-state index contributed by atoms with van der Waals surface area (Å²) in [7, 11) is 0. The zero-order valence-corrected chi connectivity index (χ0v) is 14.8. The summed E-state index contributed by atoms with van der Waals surface area (Å²) < 4.78 is 23.7. The molecule has 1 unspecified atom stereocenters. The lowest BCUT2D eigenvalue weighted by Crippen LogP contribution is -2.45. The van der Waals surface area contributed by atoms with Gasteiger partial charge in [-0.1, -0.05) is 12.1 Å². The molecule has 7 nitrogen and oxygen atoms in total. The van der Waals surface area contributed by atoms with Crippen LogP contribution in [0.3, 0.4) is 0 Å². The first kappa shape index (κ1) is 18.2. The number of urea groups is 1. The summed E-state index contributed by atoms with van der Waals surface area (Å²) in [5.74, 6) is 1.01. The van der Waals surface area contributed by atoms with E-state index in [4.69, 9.17) is 9.26 Å². The number of piperidine rings is 1. The Morgan fingerprint density at radius 2 is 2.19 bits per heavy atom. The van der Waals surface area contributed by atoms with Gasteiger partial charge >= 0.3 is 6.03 Å². The van der Waals surface area contributed by atoms with Crippen molar-refractivity contribution in [1.82, 2.24) is 20.4 Å². The van der Waals surface area contributed by atoms with E-state index in [0.717, 1.165) is 25.7 Å². The number of carbonyl (C=O) groups excluding carboxylic acids is 1. The van der Waals surface area contributed by atoms with Crippen molar-refractivity contribution < 1.29 is 18.4 Å². The molecule has 3 rings (SSSR count). The van der Waals surface area contributed by atoms with Gasteiger partial charge in [0.1, 0.15) is 11.6 Å². The lowest BCUT2D eigenvalue weighted by atomic mass is 10.0. The van der Waals surface area contributed by atoms with Gasteiger partial charge in [0.2, 0.25) is 0 Å². The van der Waals surface area contributed by atoms with Crippen LogP contribution in [0.2, 0.25) is 0 Å². The van der Waals surface area contributed by atoms with E-state index in [-0.39, 0.29) is 24.5 Å². The summed E-state index contributed by atoms with van der Waals surface area (Å²) in [4.78, 5) is 18.5. The molecule has 2 heterocycles. The van der Waals surface area contributed by atoms with Crippen LogP contribution in [-0.4, -0.2) is 34.2 Å². The van der Waals surface area contributed by atoms with Gasteiger partial charge < -0.3 is 19.5 Å². The van der Waals surface area contributed by atoms with Crippen LogP contribution in [0.1, 0.15) is 50.4 Å². The van der Waals surface area contributed by atoms with E-state index in [1.54, 1.807) is 4.90 Å². The Hall–Kier alpha value is -2.64. The molecule has 26 heavy (non-hydrogen) atoms. The van der Waals surface area contributed by atoms with Crippen molar-refractivity contribution in [1.29, 1.82) is 0 Å². The first-order valence-electron chi connectivity index (χ1n) is 8.92.